The number of ether oxygens (including phenoxy) is 1. The average Bonchev–Trinajstić information content (AvgIpc) is 2.87. The van der Waals surface area contributed by atoms with Crippen LogP contribution in [0.1, 0.15) is 37.5 Å². The van der Waals surface area contributed by atoms with Crippen molar-refractivity contribution < 1.29 is 19.7 Å². The molecule has 0 radical (unpaired) electrons. The van der Waals surface area contributed by atoms with E-state index in [9.17, 15) is 14.7 Å². The maximum atomic E-state index is 12.4. The predicted octanol–water partition coefficient (Wildman–Crippen LogP) is 0.373. The fourth-order valence-corrected chi connectivity index (χ4v) is 2.63. The van der Waals surface area contributed by atoms with Crippen LogP contribution in [0.4, 0.5) is 0 Å². The van der Waals surface area contributed by atoms with E-state index in [2.05, 4.69) is 11.8 Å². The molecule has 2 N–H and O–H groups in total. The van der Waals surface area contributed by atoms with E-state index in [1.54, 1.807) is 20.9 Å². The molecule has 1 atom stereocenters. The summed E-state index contributed by atoms with van der Waals surface area (Å²) in [6.07, 6.45) is 1.89. The van der Waals surface area contributed by atoms with E-state index < -0.39 is 18.2 Å². The maximum Gasteiger partial charge on any atom is 0.338 e. The second-order valence-electron chi connectivity index (χ2n) is 6.05. The van der Waals surface area contributed by atoms with Crippen molar-refractivity contribution in [2.75, 3.05) is 13.2 Å². The zero-order valence-corrected chi connectivity index (χ0v) is 14.3. The quantitative estimate of drug-likeness (QED) is 0.617. The Hall–Kier alpha value is -2.36. The Morgan fingerprint density at radius 2 is 2.17 bits per heavy atom. The molecule has 2 rings (SSSR count). The van der Waals surface area contributed by atoms with Gasteiger partial charge in [0.25, 0.3) is 5.56 Å². The fraction of sp³-hybridized carbons (Fsp3) is 0.444. The molecule has 1 aromatic rings. The molecule has 1 aliphatic rings. The molecular formula is C18H21NO5. The summed E-state index contributed by atoms with van der Waals surface area (Å²) in [7, 11) is 1.61. The number of aromatic nitrogens is 1. The van der Waals surface area contributed by atoms with Gasteiger partial charge in [0.15, 0.2) is 0 Å². The second-order valence-corrected chi connectivity index (χ2v) is 6.05. The number of fused-ring (bicyclic) bond motifs is 1. The molecule has 24 heavy (non-hydrogen) atoms. The van der Waals surface area contributed by atoms with Crippen molar-refractivity contribution in [1.29, 1.82) is 0 Å². The lowest BCUT2D eigenvalue weighted by Gasteiger charge is -2.13. The Balaban J connectivity index is 2.68. The highest BCUT2D eigenvalue weighted by molar-refractivity contribution is 6.19. The first-order valence-corrected chi connectivity index (χ1v) is 7.68. The molecule has 0 aromatic carbocycles. The van der Waals surface area contributed by atoms with Gasteiger partial charge in [0, 0.05) is 36.4 Å². The smallest absolute Gasteiger partial charge is 0.338 e. The molecule has 1 heterocycles. The number of carbonyl (C=O) groups excluding carboxylic acids is 1. The summed E-state index contributed by atoms with van der Waals surface area (Å²) in [5.41, 5.74) is 0.761. The zero-order valence-electron chi connectivity index (χ0n) is 14.3. The van der Waals surface area contributed by atoms with Crippen molar-refractivity contribution in [3.05, 3.63) is 38.8 Å². The molecular weight excluding hydrogens is 310 g/mol. The van der Waals surface area contributed by atoms with Gasteiger partial charge in [-0.1, -0.05) is 17.4 Å². The molecule has 0 spiro atoms. The van der Waals surface area contributed by atoms with E-state index in [0.717, 1.165) is 5.57 Å². The van der Waals surface area contributed by atoms with Gasteiger partial charge in [0.2, 0.25) is 0 Å². The predicted molar refractivity (Wildman–Crippen MR) is 89.2 cm³/mol. The molecule has 0 aliphatic heterocycles. The van der Waals surface area contributed by atoms with Gasteiger partial charge in [0.1, 0.15) is 5.60 Å². The van der Waals surface area contributed by atoms with Gasteiger partial charge in [0.05, 0.1) is 18.8 Å². The minimum absolute atomic E-state index is 0.192. The van der Waals surface area contributed by atoms with Crippen molar-refractivity contribution in [3.8, 4) is 11.8 Å². The van der Waals surface area contributed by atoms with Gasteiger partial charge in [-0.05, 0) is 20.8 Å². The summed E-state index contributed by atoms with van der Waals surface area (Å²) in [6, 6.07) is 0. The summed E-state index contributed by atoms with van der Waals surface area (Å²) >= 11 is 0. The van der Waals surface area contributed by atoms with Crippen LogP contribution in [-0.2, 0) is 23.0 Å². The lowest BCUT2D eigenvalue weighted by molar-refractivity contribution is -0.136. The Labute approximate surface area is 140 Å². The number of hydrogen-bond acceptors (Lipinski definition) is 5. The highest BCUT2D eigenvalue weighted by Gasteiger charge is 2.30. The minimum atomic E-state index is -1.57. The highest BCUT2D eigenvalue weighted by Crippen LogP contribution is 2.34. The van der Waals surface area contributed by atoms with Crippen LogP contribution in [-0.4, -0.2) is 39.6 Å². The number of aliphatic hydroxyl groups excluding tert-OH is 1. The van der Waals surface area contributed by atoms with E-state index in [-0.39, 0.29) is 12.2 Å². The lowest BCUT2D eigenvalue weighted by atomic mass is 10.00. The molecule has 6 nitrogen and oxygen atoms in total. The molecule has 1 aromatic heterocycles. The highest BCUT2D eigenvalue weighted by atomic mass is 16.5. The SMILES string of the molecule is CCOC(=O)C1=C(C)Cc2c1c(C#CC(C)(O)CO)cn(C)c2=O. The minimum Gasteiger partial charge on any atom is -0.462 e. The monoisotopic (exact) mass is 331 g/mol. The molecule has 0 amide bonds. The number of aryl methyl sites for hydroxylation is 1. The van der Waals surface area contributed by atoms with Crippen LogP contribution in [0.2, 0.25) is 0 Å². The van der Waals surface area contributed by atoms with Crippen molar-refractivity contribution in [1.82, 2.24) is 4.57 Å². The molecule has 0 fully saturated rings. The van der Waals surface area contributed by atoms with E-state index in [4.69, 9.17) is 9.84 Å². The number of hydrogen-bond donors (Lipinski definition) is 2. The van der Waals surface area contributed by atoms with Crippen LogP contribution >= 0.6 is 0 Å². The first-order chi connectivity index (χ1) is 11.2. The van der Waals surface area contributed by atoms with Gasteiger partial charge in [-0.2, -0.15) is 0 Å². The van der Waals surface area contributed by atoms with Crippen LogP contribution in [0.25, 0.3) is 5.57 Å². The normalized spacial score (nSPS) is 15.4. The number of rotatable bonds is 3. The summed E-state index contributed by atoms with van der Waals surface area (Å²) in [6.45, 7) is 4.60. The largest absolute Gasteiger partial charge is 0.462 e. The number of nitrogens with zero attached hydrogens (tertiary/aromatic N) is 1. The Kier molecular flexibility index (Phi) is 4.97. The summed E-state index contributed by atoms with van der Waals surface area (Å²) in [5.74, 6) is 4.88. The summed E-state index contributed by atoms with van der Waals surface area (Å²) in [5, 5.41) is 19.0. The van der Waals surface area contributed by atoms with Gasteiger partial charge in [-0.3, -0.25) is 4.79 Å². The molecule has 128 valence electrons. The third kappa shape index (κ3) is 3.28. The van der Waals surface area contributed by atoms with Gasteiger partial charge >= 0.3 is 5.97 Å². The summed E-state index contributed by atoms with van der Waals surface area (Å²) < 4.78 is 6.50. The fourth-order valence-electron chi connectivity index (χ4n) is 2.63. The van der Waals surface area contributed by atoms with Crippen LogP contribution in [0.15, 0.2) is 16.6 Å². The van der Waals surface area contributed by atoms with Crippen LogP contribution < -0.4 is 5.56 Å². The van der Waals surface area contributed by atoms with Crippen LogP contribution in [0, 0.1) is 11.8 Å². The standard InChI is InChI=1S/C18H21NO5/c1-5-24-17(22)14-11(2)8-13-15(14)12(9-19(4)16(13)21)6-7-18(3,23)10-20/h9,20,23H,5,8,10H2,1-4H3. The number of allylic oxidation sites excluding steroid dienone is 1. The molecule has 0 saturated carbocycles. The van der Waals surface area contributed by atoms with Crippen LogP contribution in [0.3, 0.4) is 0 Å². The van der Waals surface area contributed by atoms with E-state index in [0.29, 0.717) is 28.7 Å². The lowest BCUT2D eigenvalue weighted by Crippen LogP contribution is -2.26. The Morgan fingerprint density at radius 3 is 2.75 bits per heavy atom. The first-order valence-electron chi connectivity index (χ1n) is 7.68. The van der Waals surface area contributed by atoms with Crippen molar-refractivity contribution >= 4 is 11.5 Å². The van der Waals surface area contributed by atoms with Gasteiger partial charge in [-0.15, -0.1) is 0 Å². The molecule has 6 heteroatoms. The molecule has 1 aliphatic carbocycles. The number of aliphatic hydroxyl groups is 2. The third-order valence-electron chi connectivity index (χ3n) is 3.84. The molecule has 0 saturated heterocycles. The average molecular weight is 331 g/mol. The molecule has 1 unspecified atom stereocenters. The zero-order chi connectivity index (χ0) is 18.1. The first kappa shape index (κ1) is 18.0. The number of carbonyl (C=O) groups is 1. The van der Waals surface area contributed by atoms with E-state index >= 15 is 0 Å². The van der Waals surface area contributed by atoms with Crippen molar-refractivity contribution in [2.45, 2.75) is 32.8 Å². The third-order valence-corrected chi connectivity index (χ3v) is 3.84. The summed E-state index contributed by atoms with van der Waals surface area (Å²) in [4.78, 5) is 24.7. The van der Waals surface area contributed by atoms with E-state index in [1.165, 1.54) is 17.7 Å². The Morgan fingerprint density at radius 1 is 1.50 bits per heavy atom. The van der Waals surface area contributed by atoms with Crippen molar-refractivity contribution in [3.63, 3.8) is 0 Å². The number of pyridine rings is 1. The van der Waals surface area contributed by atoms with Crippen molar-refractivity contribution in [2.24, 2.45) is 7.05 Å². The van der Waals surface area contributed by atoms with Crippen LogP contribution in [0.5, 0.6) is 0 Å². The Bertz CT molecular complexity index is 833. The maximum absolute atomic E-state index is 12.4. The van der Waals surface area contributed by atoms with Gasteiger partial charge in [-0.25, -0.2) is 4.79 Å². The topological polar surface area (TPSA) is 88.8 Å². The number of esters is 1. The molecule has 0 bridgehead atoms. The second kappa shape index (κ2) is 6.63. The van der Waals surface area contributed by atoms with Gasteiger partial charge < -0.3 is 19.5 Å². The van der Waals surface area contributed by atoms with E-state index in [1.807, 2.05) is 0 Å².